The highest BCUT2D eigenvalue weighted by atomic mass is 32.2. The van der Waals surface area contributed by atoms with E-state index in [1.54, 1.807) is 24.1 Å². The number of hydrogen-bond donors (Lipinski definition) is 1. The first-order valence-electron chi connectivity index (χ1n) is 10.4. The van der Waals surface area contributed by atoms with Crippen molar-refractivity contribution < 1.29 is 17.6 Å². The Bertz CT molecular complexity index is 1040. The van der Waals surface area contributed by atoms with Crippen LogP contribution in [-0.2, 0) is 16.4 Å². The van der Waals surface area contributed by atoms with Crippen LogP contribution in [0.2, 0.25) is 0 Å². The Morgan fingerprint density at radius 1 is 1.06 bits per heavy atom. The number of hydrogen-bond acceptors (Lipinski definition) is 5. The average molecular weight is 446 g/mol. The second-order valence-corrected chi connectivity index (χ2v) is 9.51. The largest absolute Gasteiger partial charge is 0.459 e. The van der Waals surface area contributed by atoms with Crippen molar-refractivity contribution >= 4 is 27.6 Å². The zero-order valence-electron chi connectivity index (χ0n) is 17.5. The van der Waals surface area contributed by atoms with E-state index in [1.165, 1.54) is 10.6 Å². The smallest absolute Gasteiger partial charge is 0.289 e. The second-order valence-electron chi connectivity index (χ2n) is 7.50. The first-order valence-corrected chi connectivity index (χ1v) is 12.0. The lowest BCUT2D eigenvalue weighted by atomic mass is 10.2. The van der Waals surface area contributed by atoms with E-state index < -0.39 is 10.0 Å². The second kappa shape index (κ2) is 9.01. The van der Waals surface area contributed by atoms with Crippen molar-refractivity contribution in [2.45, 2.75) is 6.42 Å². The van der Waals surface area contributed by atoms with Gasteiger partial charge in [-0.2, -0.15) is 0 Å². The van der Waals surface area contributed by atoms with Crippen LogP contribution < -0.4 is 9.62 Å². The molecule has 0 radical (unpaired) electrons. The van der Waals surface area contributed by atoms with Gasteiger partial charge in [-0.3, -0.25) is 14.1 Å². The molecule has 1 fully saturated rings. The summed E-state index contributed by atoms with van der Waals surface area (Å²) in [6.07, 6.45) is 2.23. The van der Waals surface area contributed by atoms with Crippen LogP contribution in [-0.4, -0.2) is 82.2 Å². The summed E-state index contributed by atoms with van der Waals surface area (Å²) in [4.78, 5) is 20.5. The number of furan rings is 1. The van der Waals surface area contributed by atoms with Gasteiger partial charge in [-0.05, 0) is 30.2 Å². The molecule has 0 saturated carbocycles. The molecule has 166 valence electrons. The van der Waals surface area contributed by atoms with Crippen LogP contribution in [0.4, 0.5) is 5.69 Å². The molecule has 4 rings (SSSR count). The fourth-order valence-corrected chi connectivity index (χ4v) is 5.44. The molecule has 0 bridgehead atoms. The number of aliphatic imine (C=N–C) groups is 1. The van der Waals surface area contributed by atoms with Gasteiger partial charge in [0.25, 0.3) is 5.91 Å². The minimum absolute atomic E-state index is 0.0166. The number of guanidine groups is 1. The lowest BCUT2D eigenvalue weighted by Gasteiger charge is -2.36. The number of amides is 1. The summed E-state index contributed by atoms with van der Waals surface area (Å²) in [5.41, 5.74) is 1.85. The molecule has 0 unspecified atom stereocenters. The summed E-state index contributed by atoms with van der Waals surface area (Å²) in [5, 5.41) is 3.16. The fraction of sp³-hybridized carbons (Fsp3) is 0.429. The highest BCUT2D eigenvalue weighted by Crippen LogP contribution is 2.29. The van der Waals surface area contributed by atoms with Crippen LogP contribution in [0, 0.1) is 0 Å². The predicted molar refractivity (Wildman–Crippen MR) is 119 cm³/mol. The number of rotatable bonds is 5. The first kappa shape index (κ1) is 21.2. The van der Waals surface area contributed by atoms with Crippen molar-refractivity contribution in [1.82, 2.24) is 15.1 Å². The van der Waals surface area contributed by atoms with Gasteiger partial charge in [-0.1, -0.05) is 18.2 Å². The quantitative estimate of drug-likeness (QED) is 0.545. The normalized spacial score (nSPS) is 17.1. The van der Waals surface area contributed by atoms with E-state index in [1.807, 2.05) is 29.2 Å². The number of sulfonamides is 1. The van der Waals surface area contributed by atoms with E-state index in [4.69, 9.17) is 4.42 Å². The van der Waals surface area contributed by atoms with E-state index in [2.05, 4.69) is 10.3 Å². The standard InChI is InChI=1S/C21H27N5O4S/c1-22-21(25-13-11-24(12-14-25)20(27)19-7-4-15-30-19)23-9-16-31(28,29)26-10-8-17-5-2-3-6-18(17)26/h2-7,15H,8-14,16H2,1H3,(H,22,23). The number of fused-ring (bicyclic) bond motifs is 1. The molecule has 1 amide bonds. The van der Waals surface area contributed by atoms with Gasteiger partial charge in [-0.25, -0.2) is 8.42 Å². The molecule has 3 heterocycles. The van der Waals surface area contributed by atoms with Crippen LogP contribution in [0.15, 0.2) is 52.1 Å². The van der Waals surface area contributed by atoms with Crippen molar-refractivity contribution in [3.63, 3.8) is 0 Å². The number of carbonyl (C=O) groups is 1. The van der Waals surface area contributed by atoms with E-state index in [-0.39, 0.29) is 18.2 Å². The van der Waals surface area contributed by atoms with Crippen molar-refractivity contribution in [2.24, 2.45) is 4.99 Å². The molecular formula is C21H27N5O4S. The highest BCUT2D eigenvalue weighted by Gasteiger charge is 2.29. The molecule has 9 nitrogen and oxygen atoms in total. The molecule has 1 N–H and O–H groups in total. The topological polar surface area (TPSA) is 98.5 Å². The van der Waals surface area contributed by atoms with Crippen LogP contribution in [0.3, 0.4) is 0 Å². The van der Waals surface area contributed by atoms with Crippen molar-refractivity contribution in [2.75, 3.05) is 56.4 Å². The van der Waals surface area contributed by atoms with Crippen molar-refractivity contribution in [3.8, 4) is 0 Å². The molecule has 2 aliphatic rings. The van der Waals surface area contributed by atoms with Gasteiger partial charge in [0, 0.05) is 46.3 Å². The van der Waals surface area contributed by atoms with Gasteiger partial charge in [0.1, 0.15) is 0 Å². The lowest BCUT2D eigenvalue weighted by Crippen LogP contribution is -2.54. The van der Waals surface area contributed by atoms with Crippen molar-refractivity contribution in [1.29, 1.82) is 0 Å². The Kier molecular flexibility index (Phi) is 6.17. The summed E-state index contributed by atoms with van der Waals surface area (Å²) < 4.78 is 32.4. The summed E-state index contributed by atoms with van der Waals surface area (Å²) in [7, 11) is -1.74. The lowest BCUT2D eigenvalue weighted by molar-refractivity contribution is 0.0658. The number of carbonyl (C=O) groups excluding carboxylic acids is 1. The maximum Gasteiger partial charge on any atom is 0.289 e. The molecule has 2 aromatic rings. The predicted octanol–water partition coefficient (Wildman–Crippen LogP) is 1.01. The Balaban J connectivity index is 1.28. The zero-order valence-corrected chi connectivity index (χ0v) is 18.3. The summed E-state index contributed by atoms with van der Waals surface area (Å²) in [6, 6.07) is 11.0. The van der Waals surface area contributed by atoms with Gasteiger partial charge >= 0.3 is 0 Å². The number of anilines is 1. The minimum Gasteiger partial charge on any atom is -0.459 e. The van der Waals surface area contributed by atoms with Gasteiger partial charge in [0.2, 0.25) is 10.0 Å². The molecule has 1 saturated heterocycles. The molecule has 2 aliphatic heterocycles. The molecular weight excluding hydrogens is 418 g/mol. The minimum atomic E-state index is -3.42. The summed E-state index contributed by atoms with van der Waals surface area (Å²) in [6.45, 7) is 3.06. The van der Waals surface area contributed by atoms with Gasteiger partial charge in [0.05, 0.1) is 17.7 Å². The number of piperazine rings is 1. The maximum absolute atomic E-state index is 12.9. The Hall–Kier alpha value is -3.01. The van der Waals surface area contributed by atoms with E-state index in [0.717, 1.165) is 17.7 Å². The average Bonchev–Trinajstić information content (AvgIpc) is 3.47. The van der Waals surface area contributed by atoms with Gasteiger partial charge in [-0.15, -0.1) is 0 Å². The van der Waals surface area contributed by atoms with E-state index >= 15 is 0 Å². The van der Waals surface area contributed by atoms with Crippen LogP contribution in [0.25, 0.3) is 0 Å². The van der Waals surface area contributed by atoms with E-state index in [9.17, 15) is 13.2 Å². The van der Waals surface area contributed by atoms with Crippen LogP contribution in [0.1, 0.15) is 16.1 Å². The number of nitrogens with one attached hydrogen (secondary N) is 1. The molecule has 0 spiro atoms. The number of benzene rings is 1. The Morgan fingerprint density at radius 3 is 2.52 bits per heavy atom. The maximum atomic E-state index is 12.9. The highest BCUT2D eigenvalue weighted by molar-refractivity contribution is 7.92. The Labute approximate surface area is 182 Å². The first-order chi connectivity index (χ1) is 15.0. The molecule has 1 aromatic carbocycles. The molecule has 31 heavy (non-hydrogen) atoms. The zero-order chi connectivity index (χ0) is 21.8. The van der Waals surface area contributed by atoms with Crippen LogP contribution in [0.5, 0.6) is 0 Å². The van der Waals surface area contributed by atoms with Crippen molar-refractivity contribution in [3.05, 3.63) is 54.0 Å². The molecule has 0 atom stereocenters. The molecule has 1 aromatic heterocycles. The Morgan fingerprint density at radius 2 is 1.81 bits per heavy atom. The third-order valence-corrected chi connectivity index (χ3v) is 7.40. The van der Waals surface area contributed by atoms with Crippen LogP contribution >= 0.6 is 0 Å². The van der Waals surface area contributed by atoms with Gasteiger partial charge < -0.3 is 19.5 Å². The third kappa shape index (κ3) is 4.53. The molecule has 10 heteroatoms. The number of para-hydroxylation sites is 1. The summed E-state index contributed by atoms with van der Waals surface area (Å²) in [5.74, 6) is 0.841. The number of nitrogens with zero attached hydrogens (tertiary/aromatic N) is 4. The van der Waals surface area contributed by atoms with Gasteiger partial charge in [0.15, 0.2) is 11.7 Å². The summed E-state index contributed by atoms with van der Waals surface area (Å²) >= 11 is 0. The third-order valence-electron chi connectivity index (χ3n) is 5.63. The molecule has 0 aliphatic carbocycles. The van der Waals surface area contributed by atoms with E-state index in [0.29, 0.717) is 44.4 Å². The fourth-order valence-electron chi connectivity index (χ4n) is 4.01. The SMILES string of the molecule is CN=C(NCCS(=O)(=O)N1CCc2ccccc21)N1CCN(C(=O)c2ccco2)CC1. The monoisotopic (exact) mass is 445 g/mol.